The lowest BCUT2D eigenvalue weighted by molar-refractivity contribution is 0.202. The second-order valence-electron chi connectivity index (χ2n) is 5.49. The minimum atomic E-state index is -0.773. The summed E-state index contributed by atoms with van der Waals surface area (Å²) in [6, 6.07) is 4.95. The molecule has 0 amide bonds. The first-order valence-electron chi connectivity index (χ1n) is 7.14. The molecular weight excluding hydrogens is 279 g/mol. The summed E-state index contributed by atoms with van der Waals surface area (Å²) < 4.78 is 14.2. The summed E-state index contributed by atoms with van der Waals surface area (Å²) in [4.78, 5) is 6.12. The molecule has 1 unspecified atom stereocenters. The highest BCUT2D eigenvalue weighted by atomic mass is 35.5. The maximum absolute atomic E-state index is 14.2. The second kappa shape index (κ2) is 5.70. The standard InChI is InChI=1S/C15H18ClFN2O/c16-11-7-4-8-12(14(11)17)19-9-13(20)18-15(19)10-5-2-1-3-6-10/h4,7-8,10,13,20H,1-3,5-6,9H2. The minimum absolute atomic E-state index is 0.104. The van der Waals surface area contributed by atoms with Gasteiger partial charge in [0.25, 0.3) is 0 Å². The highest BCUT2D eigenvalue weighted by Gasteiger charge is 2.32. The number of benzene rings is 1. The number of β-amino-alcohol motifs (C(OH)–C–C–N with tert-alkyl or cyclic N) is 1. The van der Waals surface area contributed by atoms with Crippen LogP contribution >= 0.6 is 11.6 Å². The molecule has 0 spiro atoms. The van der Waals surface area contributed by atoms with Crippen molar-refractivity contribution in [3.8, 4) is 0 Å². The third-order valence-corrected chi connectivity index (χ3v) is 4.39. The van der Waals surface area contributed by atoms with Gasteiger partial charge in [0, 0.05) is 5.92 Å². The molecule has 1 heterocycles. The number of aliphatic hydroxyl groups excluding tert-OH is 1. The molecule has 0 radical (unpaired) electrons. The molecule has 3 nitrogen and oxygen atoms in total. The zero-order valence-electron chi connectivity index (χ0n) is 11.2. The van der Waals surface area contributed by atoms with Crippen molar-refractivity contribution in [2.45, 2.75) is 38.3 Å². The number of anilines is 1. The lowest BCUT2D eigenvalue weighted by atomic mass is 9.88. The summed E-state index contributed by atoms with van der Waals surface area (Å²) in [7, 11) is 0. The van der Waals surface area contributed by atoms with Crippen molar-refractivity contribution in [1.82, 2.24) is 0 Å². The van der Waals surface area contributed by atoms with Crippen molar-refractivity contribution in [2.24, 2.45) is 10.9 Å². The fourth-order valence-corrected chi connectivity index (χ4v) is 3.30. The molecule has 1 aromatic carbocycles. The molecule has 1 N–H and O–H groups in total. The highest BCUT2D eigenvalue weighted by Crippen LogP contribution is 2.33. The van der Waals surface area contributed by atoms with Crippen LogP contribution in [-0.2, 0) is 0 Å². The van der Waals surface area contributed by atoms with E-state index in [1.54, 1.807) is 17.0 Å². The van der Waals surface area contributed by atoms with Crippen LogP contribution in [-0.4, -0.2) is 23.7 Å². The Hall–Kier alpha value is -1.13. The van der Waals surface area contributed by atoms with Gasteiger partial charge in [-0.3, -0.25) is 0 Å². The van der Waals surface area contributed by atoms with E-state index in [-0.39, 0.29) is 5.02 Å². The van der Waals surface area contributed by atoms with E-state index in [0.29, 0.717) is 18.2 Å². The summed E-state index contributed by atoms with van der Waals surface area (Å²) in [5.41, 5.74) is 0.415. The van der Waals surface area contributed by atoms with Crippen molar-refractivity contribution in [1.29, 1.82) is 0 Å². The van der Waals surface area contributed by atoms with E-state index in [1.807, 2.05) is 0 Å². The number of amidine groups is 1. The van der Waals surface area contributed by atoms with Gasteiger partial charge in [-0.15, -0.1) is 0 Å². The van der Waals surface area contributed by atoms with E-state index < -0.39 is 12.0 Å². The number of hydrogen-bond donors (Lipinski definition) is 1. The quantitative estimate of drug-likeness (QED) is 0.905. The van der Waals surface area contributed by atoms with E-state index in [4.69, 9.17) is 11.6 Å². The van der Waals surface area contributed by atoms with Crippen molar-refractivity contribution >= 4 is 23.1 Å². The first-order chi connectivity index (χ1) is 9.66. The summed E-state index contributed by atoms with van der Waals surface area (Å²) in [6.07, 6.45) is 4.94. The van der Waals surface area contributed by atoms with Crippen molar-refractivity contribution in [2.75, 3.05) is 11.4 Å². The third-order valence-electron chi connectivity index (χ3n) is 4.10. The van der Waals surface area contributed by atoms with Crippen LogP contribution in [0.3, 0.4) is 0 Å². The van der Waals surface area contributed by atoms with E-state index in [2.05, 4.69) is 4.99 Å². The van der Waals surface area contributed by atoms with Crippen LogP contribution in [0.25, 0.3) is 0 Å². The average molecular weight is 297 g/mol. The molecule has 1 fully saturated rings. The summed E-state index contributed by atoms with van der Waals surface area (Å²) in [5.74, 6) is 0.699. The molecule has 20 heavy (non-hydrogen) atoms. The molecule has 3 rings (SSSR count). The van der Waals surface area contributed by atoms with Crippen LogP contribution < -0.4 is 4.90 Å². The van der Waals surface area contributed by atoms with Gasteiger partial charge in [-0.05, 0) is 25.0 Å². The van der Waals surface area contributed by atoms with Crippen molar-refractivity contribution in [3.63, 3.8) is 0 Å². The Labute approximate surface area is 123 Å². The maximum atomic E-state index is 14.2. The van der Waals surface area contributed by atoms with Crippen molar-refractivity contribution < 1.29 is 9.50 Å². The molecule has 0 bridgehead atoms. The van der Waals surface area contributed by atoms with Crippen LogP contribution in [0.4, 0.5) is 10.1 Å². The Kier molecular flexibility index (Phi) is 3.94. The lowest BCUT2D eigenvalue weighted by Crippen LogP contribution is -2.35. The average Bonchev–Trinajstić information content (AvgIpc) is 2.85. The Balaban J connectivity index is 1.92. The van der Waals surface area contributed by atoms with E-state index in [9.17, 15) is 9.50 Å². The molecule has 1 aliphatic heterocycles. The summed E-state index contributed by atoms with van der Waals surface area (Å²) in [6.45, 7) is 0.309. The number of nitrogens with zero attached hydrogens (tertiary/aromatic N) is 2. The van der Waals surface area contributed by atoms with E-state index in [1.165, 1.54) is 25.3 Å². The largest absolute Gasteiger partial charge is 0.370 e. The van der Waals surface area contributed by atoms with Crippen LogP contribution in [0.2, 0.25) is 5.02 Å². The normalized spacial score (nSPS) is 24.1. The first-order valence-corrected chi connectivity index (χ1v) is 7.52. The fraction of sp³-hybridized carbons (Fsp3) is 0.533. The fourth-order valence-electron chi connectivity index (χ4n) is 3.13. The number of rotatable bonds is 2. The number of aliphatic hydroxyl groups is 1. The topological polar surface area (TPSA) is 35.8 Å². The van der Waals surface area contributed by atoms with E-state index in [0.717, 1.165) is 18.7 Å². The van der Waals surface area contributed by atoms with Gasteiger partial charge < -0.3 is 10.0 Å². The molecule has 2 aliphatic rings. The van der Waals surface area contributed by atoms with E-state index >= 15 is 0 Å². The predicted octanol–water partition coefficient (Wildman–Crippen LogP) is 3.60. The second-order valence-corrected chi connectivity index (χ2v) is 5.89. The molecule has 1 atom stereocenters. The SMILES string of the molecule is OC1CN(c2cccc(Cl)c2F)C(C2CCCCC2)=N1. The Bertz CT molecular complexity index is 529. The monoisotopic (exact) mass is 296 g/mol. The number of aliphatic imine (C=N–C) groups is 1. The van der Waals surface area contributed by atoms with Gasteiger partial charge in [0.15, 0.2) is 12.0 Å². The summed E-state index contributed by atoms with van der Waals surface area (Å²) >= 11 is 5.86. The Morgan fingerprint density at radius 1 is 1.25 bits per heavy atom. The van der Waals surface area contributed by atoms with Gasteiger partial charge in [0.2, 0.25) is 0 Å². The van der Waals surface area contributed by atoms with Crippen LogP contribution in [0.5, 0.6) is 0 Å². The van der Waals surface area contributed by atoms with Gasteiger partial charge in [0.1, 0.15) is 5.84 Å². The Morgan fingerprint density at radius 3 is 2.75 bits per heavy atom. The van der Waals surface area contributed by atoms with Gasteiger partial charge in [-0.25, -0.2) is 9.38 Å². The Morgan fingerprint density at radius 2 is 2.00 bits per heavy atom. The molecular formula is C15H18ClFN2O. The first kappa shape index (κ1) is 13.8. The van der Waals surface area contributed by atoms with Gasteiger partial charge >= 0.3 is 0 Å². The molecule has 0 saturated heterocycles. The molecule has 1 saturated carbocycles. The van der Waals surface area contributed by atoms with Gasteiger partial charge in [0.05, 0.1) is 17.3 Å². The maximum Gasteiger partial charge on any atom is 0.165 e. The van der Waals surface area contributed by atoms with Crippen LogP contribution in [0.15, 0.2) is 23.2 Å². The zero-order valence-corrected chi connectivity index (χ0v) is 12.0. The highest BCUT2D eigenvalue weighted by molar-refractivity contribution is 6.31. The minimum Gasteiger partial charge on any atom is -0.370 e. The smallest absolute Gasteiger partial charge is 0.165 e. The predicted molar refractivity (Wildman–Crippen MR) is 78.8 cm³/mol. The molecule has 108 valence electrons. The zero-order chi connectivity index (χ0) is 14.1. The molecule has 1 aromatic rings. The third kappa shape index (κ3) is 2.54. The molecule has 0 aromatic heterocycles. The number of halogens is 2. The number of hydrogen-bond acceptors (Lipinski definition) is 3. The van der Waals surface area contributed by atoms with Gasteiger partial charge in [-0.2, -0.15) is 0 Å². The molecule has 5 heteroatoms. The molecule has 1 aliphatic carbocycles. The van der Waals surface area contributed by atoms with Gasteiger partial charge in [-0.1, -0.05) is 36.9 Å². The lowest BCUT2D eigenvalue weighted by Gasteiger charge is -2.29. The van der Waals surface area contributed by atoms with Crippen molar-refractivity contribution in [3.05, 3.63) is 29.0 Å². The summed E-state index contributed by atoms with van der Waals surface area (Å²) in [5, 5.41) is 9.94. The van der Waals surface area contributed by atoms with Crippen LogP contribution in [0, 0.1) is 11.7 Å². The van der Waals surface area contributed by atoms with Crippen LogP contribution in [0.1, 0.15) is 32.1 Å².